The third-order valence-electron chi connectivity index (χ3n) is 3.67. The van der Waals surface area contributed by atoms with E-state index in [4.69, 9.17) is 5.73 Å². The van der Waals surface area contributed by atoms with Crippen LogP contribution in [-0.2, 0) is 0 Å². The number of nitrogens with two attached hydrogens (primary N) is 1. The van der Waals surface area contributed by atoms with Gasteiger partial charge in [-0.2, -0.15) is 0 Å². The Morgan fingerprint density at radius 2 is 1.47 bits per heavy atom. The SMILES string of the molecule is Nc1ccnc2c1ccc1c3ccccc3ccc12. The van der Waals surface area contributed by atoms with E-state index in [1.54, 1.807) is 6.20 Å². The van der Waals surface area contributed by atoms with Gasteiger partial charge in [0.2, 0.25) is 0 Å². The molecule has 0 atom stereocenters. The van der Waals surface area contributed by atoms with Crippen molar-refractivity contribution in [3.05, 3.63) is 60.8 Å². The molecule has 0 aliphatic heterocycles. The van der Waals surface area contributed by atoms with Crippen molar-refractivity contribution >= 4 is 38.1 Å². The number of rotatable bonds is 0. The average molecular weight is 244 g/mol. The van der Waals surface area contributed by atoms with Gasteiger partial charge in [0.05, 0.1) is 5.52 Å². The highest BCUT2D eigenvalue weighted by atomic mass is 14.7. The first kappa shape index (κ1) is 10.3. The second kappa shape index (κ2) is 3.69. The van der Waals surface area contributed by atoms with E-state index in [9.17, 15) is 0 Å². The van der Waals surface area contributed by atoms with E-state index in [0.29, 0.717) is 0 Å². The van der Waals surface area contributed by atoms with Crippen molar-refractivity contribution in [3.8, 4) is 0 Å². The number of anilines is 1. The van der Waals surface area contributed by atoms with Crippen molar-refractivity contribution in [2.24, 2.45) is 0 Å². The summed E-state index contributed by atoms with van der Waals surface area (Å²) in [5, 5.41) is 5.90. The van der Waals surface area contributed by atoms with E-state index in [-0.39, 0.29) is 0 Å². The Balaban J connectivity index is 2.29. The Morgan fingerprint density at radius 3 is 2.42 bits per heavy atom. The van der Waals surface area contributed by atoms with Gasteiger partial charge in [-0.25, -0.2) is 0 Å². The second-order valence-corrected chi connectivity index (χ2v) is 4.74. The van der Waals surface area contributed by atoms with Crippen molar-refractivity contribution < 1.29 is 0 Å². The zero-order chi connectivity index (χ0) is 12.8. The van der Waals surface area contributed by atoms with Gasteiger partial charge in [-0.05, 0) is 22.2 Å². The lowest BCUT2D eigenvalue weighted by atomic mass is 9.99. The number of nitrogen functional groups attached to an aromatic ring is 1. The Labute approximate surface area is 110 Å². The molecule has 0 bridgehead atoms. The van der Waals surface area contributed by atoms with E-state index >= 15 is 0 Å². The van der Waals surface area contributed by atoms with Gasteiger partial charge in [0, 0.05) is 22.7 Å². The van der Waals surface area contributed by atoms with E-state index in [2.05, 4.69) is 53.5 Å². The summed E-state index contributed by atoms with van der Waals surface area (Å²) < 4.78 is 0. The minimum absolute atomic E-state index is 0.778. The predicted molar refractivity (Wildman–Crippen MR) is 81.2 cm³/mol. The molecule has 0 spiro atoms. The first-order valence-electron chi connectivity index (χ1n) is 6.29. The minimum atomic E-state index is 0.778. The molecule has 19 heavy (non-hydrogen) atoms. The summed E-state index contributed by atoms with van der Waals surface area (Å²) in [6.45, 7) is 0. The Hall–Kier alpha value is -2.61. The maximum Gasteiger partial charge on any atom is 0.0801 e. The molecule has 2 heteroatoms. The fraction of sp³-hybridized carbons (Fsp3) is 0. The summed E-state index contributed by atoms with van der Waals surface area (Å²) >= 11 is 0. The van der Waals surface area contributed by atoms with Gasteiger partial charge in [-0.15, -0.1) is 0 Å². The minimum Gasteiger partial charge on any atom is -0.398 e. The molecule has 0 fully saturated rings. The molecule has 0 aliphatic carbocycles. The molecular weight excluding hydrogens is 232 g/mol. The topological polar surface area (TPSA) is 38.9 Å². The van der Waals surface area contributed by atoms with Crippen LogP contribution < -0.4 is 5.73 Å². The van der Waals surface area contributed by atoms with E-state index < -0.39 is 0 Å². The molecule has 0 unspecified atom stereocenters. The first-order chi connectivity index (χ1) is 9.34. The van der Waals surface area contributed by atoms with Gasteiger partial charge in [0.1, 0.15) is 0 Å². The fourth-order valence-electron chi connectivity index (χ4n) is 2.73. The second-order valence-electron chi connectivity index (χ2n) is 4.74. The molecule has 4 aromatic rings. The average Bonchev–Trinajstić information content (AvgIpc) is 2.47. The molecule has 2 N–H and O–H groups in total. The van der Waals surface area contributed by atoms with Crippen LogP contribution in [0, 0.1) is 0 Å². The maximum absolute atomic E-state index is 6.02. The number of aromatic nitrogens is 1. The highest BCUT2D eigenvalue weighted by Gasteiger charge is 2.06. The van der Waals surface area contributed by atoms with Crippen LogP contribution in [0.25, 0.3) is 32.4 Å². The van der Waals surface area contributed by atoms with Crippen molar-refractivity contribution in [1.82, 2.24) is 4.98 Å². The van der Waals surface area contributed by atoms with Crippen molar-refractivity contribution in [2.45, 2.75) is 0 Å². The molecule has 0 amide bonds. The smallest absolute Gasteiger partial charge is 0.0801 e. The summed E-state index contributed by atoms with van der Waals surface area (Å²) in [6.07, 6.45) is 1.77. The molecule has 0 radical (unpaired) electrons. The largest absolute Gasteiger partial charge is 0.398 e. The molecule has 2 nitrogen and oxygen atoms in total. The van der Waals surface area contributed by atoms with Gasteiger partial charge in [-0.3, -0.25) is 4.98 Å². The van der Waals surface area contributed by atoms with Crippen molar-refractivity contribution in [3.63, 3.8) is 0 Å². The molecule has 3 aromatic carbocycles. The molecule has 1 heterocycles. The van der Waals surface area contributed by atoms with Crippen LogP contribution in [0.5, 0.6) is 0 Å². The fourth-order valence-corrected chi connectivity index (χ4v) is 2.73. The van der Waals surface area contributed by atoms with Crippen LogP contribution in [0.3, 0.4) is 0 Å². The van der Waals surface area contributed by atoms with E-state index in [0.717, 1.165) is 22.0 Å². The quantitative estimate of drug-likeness (QED) is 0.472. The van der Waals surface area contributed by atoms with Gasteiger partial charge in [0.15, 0.2) is 0 Å². The number of hydrogen-bond acceptors (Lipinski definition) is 2. The maximum atomic E-state index is 6.02. The van der Waals surface area contributed by atoms with Gasteiger partial charge in [0.25, 0.3) is 0 Å². The third-order valence-corrected chi connectivity index (χ3v) is 3.67. The highest BCUT2D eigenvalue weighted by molar-refractivity contribution is 6.17. The highest BCUT2D eigenvalue weighted by Crippen LogP contribution is 2.31. The summed E-state index contributed by atoms with van der Waals surface area (Å²) in [4.78, 5) is 4.50. The number of pyridine rings is 1. The van der Waals surface area contributed by atoms with Crippen molar-refractivity contribution in [1.29, 1.82) is 0 Å². The Kier molecular flexibility index (Phi) is 2.00. The summed E-state index contributed by atoms with van der Waals surface area (Å²) in [7, 11) is 0. The predicted octanol–water partition coefficient (Wildman–Crippen LogP) is 4.12. The van der Waals surface area contributed by atoms with Crippen LogP contribution in [0.4, 0.5) is 5.69 Å². The zero-order valence-electron chi connectivity index (χ0n) is 10.3. The van der Waals surface area contributed by atoms with Crippen LogP contribution in [0.2, 0.25) is 0 Å². The molecule has 90 valence electrons. The Morgan fingerprint density at radius 1 is 0.684 bits per heavy atom. The molecule has 1 aromatic heterocycles. The van der Waals surface area contributed by atoms with Crippen molar-refractivity contribution in [2.75, 3.05) is 5.73 Å². The zero-order valence-corrected chi connectivity index (χ0v) is 10.3. The monoisotopic (exact) mass is 244 g/mol. The normalized spacial score (nSPS) is 11.4. The lowest BCUT2D eigenvalue weighted by molar-refractivity contribution is 1.43. The molecule has 4 rings (SSSR count). The number of fused-ring (bicyclic) bond motifs is 5. The molecule has 0 aliphatic rings. The van der Waals surface area contributed by atoms with Crippen LogP contribution in [0.1, 0.15) is 0 Å². The van der Waals surface area contributed by atoms with E-state index in [1.165, 1.54) is 16.2 Å². The van der Waals surface area contributed by atoms with Crippen LogP contribution in [-0.4, -0.2) is 4.98 Å². The summed E-state index contributed by atoms with van der Waals surface area (Å²) in [5.41, 5.74) is 7.77. The molecule has 0 saturated carbocycles. The van der Waals surface area contributed by atoms with Gasteiger partial charge >= 0.3 is 0 Å². The van der Waals surface area contributed by atoms with Gasteiger partial charge in [-0.1, -0.05) is 48.5 Å². The Bertz CT molecular complexity index is 926. The van der Waals surface area contributed by atoms with Gasteiger partial charge < -0.3 is 5.73 Å². The number of nitrogens with zero attached hydrogens (tertiary/aromatic N) is 1. The first-order valence-corrected chi connectivity index (χ1v) is 6.29. The lowest BCUT2D eigenvalue weighted by Gasteiger charge is -2.07. The molecular formula is C17H12N2. The summed E-state index contributed by atoms with van der Waals surface area (Å²) in [6, 6.07) is 18.7. The third kappa shape index (κ3) is 1.40. The van der Waals surface area contributed by atoms with Crippen LogP contribution in [0.15, 0.2) is 60.8 Å². The number of benzene rings is 3. The lowest BCUT2D eigenvalue weighted by Crippen LogP contribution is -1.89. The standard InChI is InChI=1S/C17H12N2/c18-16-9-10-19-17-14-6-5-11-3-1-2-4-12(11)13(14)7-8-15(16)17/h1-10H,(H2,18,19). The number of hydrogen-bond donors (Lipinski definition) is 1. The molecule has 0 saturated heterocycles. The van der Waals surface area contributed by atoms with E-state index in [1.807, 2.05) is 6.07 Å². The van der Waals surface area contributed by atoms with Crippen LogP contribution >= 0.6 is 0 Å². The summed E-state index contributed by atoms with van der Waals surface area (Å²) in [5.74, 6) is 0.